The summed E-state index contributed by atoms with van der Waals surface area (Å²) in [6, 6.07) is 25.3. The minimum atomic E-state index is -1.06. The Labute approximate surface area is 243 Å². The van der Waals surface area contributed by atoms with Crippen LogP contribution in [-0.2, 0) is 22.4 Å². The van der Waals surface area contributed by atoms with Crippen LogP contribution in [0.1, 0.15) is 27.2 Å². The Hall–Kier alpha value is -5.51. The number of amides is 4. The normalized spacial score (nSPS) is 10.4. The van der Waals surface area contributed by atoms with Crippen molar-refractivity contribution >= 4 is 40.9 Å². The van der Waals surface area contributed by atoms with Crippen LogP contribution in [0, 0.1) is 6.92 Å². The van der Waals surface area contributed by atoms with E-state index in [0.29, 0.717) is 23.5 Å². The number of carboxylic acid groups (broad SMARTS) is 1. The van der Waals surface area contributed by atoms with Crippen molar-refractivity contribution in [3.8, 4) is 0 Å². The predicted octanol–water partition coefficient (Wildman–Crippen LogP) is 4.98. The number of nitrogens with zero attached hydrogens (tertiary/aromatic N) is 2. The molecular formula is C32H31N5O5. The topological polar surface area (TPSA) is 141 Å². The van der Waals surface area contributed by atoms with Gasteiger partial charge in [-0.3, -0.25) is 14.6 Å². The number of carbonyl (C=O) groups excluding carboxylic acids is 3. The van der Waals surface area contributed by atoms with Crippen LogP contribution < -0.4 is 16.0 Å². The fourth-order valence-electron chi connectivity index (χ4n) is 4.15. The number of anilines is 3. The molecule has 10 nitrogen and oxygen atoms in total. The standard InChI is InChI=1S/C32H31N5O5/c1-22-6-2-3-8-28(22)36-32(42)35-27-13-9-23(10-14-27)20-30(39)37(19-17-25-7-4-5-18-33-25)21-29(38)34-26-15-11-24(12-16-26)31(40)41/h2-16,18H,17,19-21H2,1H3,(H,34,38)(H,40,41)(H2,35,36,42). The summed E-state index contributed by atoms with van der Waals surface area (Å²) in [5.74, 6) is -1.72. The highest BCUT2D eigenvalue weighted by Gasteiger charge is 2.18. The molecule has 0 aliphatic rings. The van der Waals surface area contributed by atoms with Crippen LogP contribution in [0.3, 0.4) is 0 Å². The Balaban J connectivity index is 1.37. The summed E-state index contributed by atoms with van der Waals surface area (Å²) < 4.78 is 0. The SMILES string of the molecule is Cc1ccccc1NC(=O)Nc1ccc(CC(=O)N(CCc2ccccn2)CC(=O)Nc2ccc(C(=O)O)cc2)cc1. The van der Waals surface area contributed by atoms with Gasteiger partial charge in [-0.05, 0) is 72.6 Å². The summed E-state index contributed by atoms with van der Waals surface area (Å²) >= 11 is 0. The summed E-state index contributed by atoms with van der Waals surface area (Å²) in [5.41, 5.74) is 4.27. The second kappa shape index (κ2) is 14.2. The van der Waals surface area contributed by atoms with E-state index in [1.807, 2.05) is 43.3 Å². The lowest BCUT2D eigenvalue weighted by atomic mass is 10.1. The first-order valence-electron chi connectivity index (χ1n) is 13.3. The molecule has 1 heterocycles. The monoisotopic (exact) mass is 565 g/mol. The van der Waals surface area contributed by atoms with E-state index in [4.69, 9.17) is 5.11 Å². The van der Waals surface area contributed by atoms with E-state index in [0.717, 1.165) is 16.8 Å². The molecule has 0 spiro atoms. The molecule has 0 aliphatic heterocycles. The summed E-state index contributed by atoms with van der Waals surface area (Å²) in [4.78, 5) is 55.4. The van der Waals surface area contributed by atoms with Gasteiger partial charge in [0.15, 0.2) is 0 Å². The fraction of sp³-hybridized carbons (Fsp3) is 0.156. The number of aromatic nitrogens is 1. The molecule has 214 valence electrons. The smallest absolute Gasteiger partial charge is 0.335 e. The number of aryl methyl sites for hydroxylation is 1. The number of urea groups is 1. The number of benzene rings is 3. The second-order valence-electron chi connectivity index (χ2n) is 9.58. The first-order chi connectivity index (χ1) is 20.3. The molecule has 0 bridgehead atoms. The zero-order chi connectivity index (χ0) is 29.9. The largest absolute Gasteiger partial charge is 0.478 e. The molecule has 1 aromatic heterocycles. The van der Waals surface area contributed by atoms with Crippen molar-refractivity contribution in [1.82, 2.24) is 9.88 Å². The molecule has 10 heteroatoms. The maximum atomic E-state index is 13.3. The summed E-state index contributed by atoms with van der Waals surface area (Å²) in [6.45, 7) is 1.99. The molecule has 4 amide bonds. The highest BCUT2D eigenvalue weighted by molar-refractivity contribution is 6.00. The van der Waals surface area contributed by atoms with Gasteiger partial charge in [0.05, 0.1) is 18.5 Å². The Kier molecular flexibility index (Phi) is 9.98. The van der Waals surface area contributed by atoms with Crippen LogP contribution in [0.2, 0.25) is 0 Å². The molecule has 0 radical (unpaired) electrons. The number of rotatable bonds is 11. The molecular weight excluding hydrogens is 534 g/mol. The third-order valence-corrected chi connectivity index (χ3v) is 6.43. The van der Waals surface area contributed by atoms with Gasteiger partial charge in [-0.15, -0.1) is 0 Å². The molecule has 0 unspecified atom stereocenters. The van der Waals surface area contributed by atoms with E-state index in [9.17, 15) is 19.2 Å². The average molecular weight is 566 g/mol. The summed E-state index contributed by atoms with van der Waals surface area (Å²) in [7, 11) is 0. The Bertz CT molecular complexity index is 1540. The number of para-hydroxylation sites is 1. The fourth-order valence-corrected chi connectivity index (χ4v) is 4.15. The van der Waals surface area contributed by atoms with Gasteiger partial charge in [-0.25, -0.2) is 9.59 Å². The second-order valence-corrected chi connectivity index (χ2v) is 9.58. The lowest BCUT2D eigenvalue weighted by molar-refractivity contribution is -0.134. The maximum absolute atomic E-state index is 13.3. The molecule has 4 N–H and O–H groups in total. The van der Waals surface area contributed by atoms with E-state index in [1.54, 1.807) is 36.5 Å². The third-order valence-electron chi connectivity index (χ3n) is 6.43. The number of hydrogen-bond acceptors (Lipinski definition) is 5. The molecule has 4 rings (SSSR count). The maximum Gasteiger partial charge on any atom is 0.335 e. The lowest BCUT2D eigenvalue weighted by Crippen LogP contribution is -2.40. The predicted molar refractivity (Wildman–Crippen MR) is 161 cm³/mol. The van der Waals surface area contributed by atoms with Gasteiger partial charge in [0.2, 0.25) is 11.8 Å². The first kappa shape index (κ1) is 29.5. The van der Waals surface area contributed by atoms with Crippen molar-refractivity contribution < 1.29 is 24.3 Å². The number of aromatic carboxylic acids is 1. The highest BCUT2D eigenvalue weighted by Crippen LogP contribution is 2.16. The molecule has 0 fully saturated rings. The van der Waals surface area contributed by atoms with Crippen LogP contribution in [0.4, 0.5) is 21.9 Å². The average Bonchev–Trinajstić information content (AvgIpc) is 2.98. The lowest BCUT2D eigenvalue weighted by Gasteiger charge is -2.22. The third kappa shape index (κ3) is 8.75. The van der Waals surface area contributed by atoms with E-state index >= 15 is 0 Å². The number of nitrogens with one attached hydrogen (secondary N) is 3. The van der Waals surface area contributed by atoms with Crippen molar-refractivity contribution in [2.45, 2.75) is 19.8 Å². The first-order valence-corrected chi connectivity index (χ1v) is 13.3. The van der Waals surface area contributed by atoms with Gasteiger partial charge in [-0.2, -0.15) is 0 Å². The molecule has 0 atom stereocenters. The number of carbonyl (C=O) groups is 4. The quantitative estimate of drug-likeness (QED) is 0.202. The van der Waals surface area contributed by atoms with Crippen molar-refractivity contribution in [2.75, 3.05) is 29.0 Å². The van der Waals surface area contributed by atoms with Gasteiger partial charge in [-0.1, -0.05) is 36.4 Å². The Morgan fingerprint density at radius 2 is 1.45 bits per heavy atom. The summed E-state index contributed by atoms with van der Waals surface area (Å²) in [6.07, 6.45) is 2.19. The van der Waals surface area contributed by atoms with Crippen molar-refractivity contribution in [1.29, 1.82) is 0 Å². The Morgan fingerprint density at radius 3 is 2.12 bits per heavy atom. The van der Waals surface area contributed by atoms with E-state index in [1.165, 1.54) is 29.2 Å². The summed E-state index contributed by atoms with van der Waals surface area (Å²) in [5, 5.41) is 17.4. The number of hydrogen-bond donors (Lipinski definition) is 4. The minimum absolute atomic E-state index is 0.0541. The molecule has 0 aliphatic carbocycles. The number of carboxylic acids is 1. The van der Waals surface area contributed by atoms with E-state index in [2.05, 4.69) is 20.9 Å². The zero-order valence-corrected chi connectivity index (χ0v) is 23.0. The Morgan fingerprint density at radius 1 is 0.786 bits per heavy atom. The van der Waals surface area contributed by atoms with Crippen LogP contribution >= 0.6 is 0 Å². The minimum Gasteiger partial charge on any atom is -0.478 e. The number of pyridine rings is 1. The van der Waals surface area contributed by atoms with E-state index < -0.39 is 11.9 Å². The van der Waals surface area contributed by atoms with Crippen LogP contribution in [-0.4, -0.2) is 51.9 Å². The molecule has 4 aromatic rings. The van der Waals surface area contributed by atoms with Crippen molar-refractivity contribution in [3.63, 3.8) is 0 Å². The van der Waals surface area contributed by atoms with Gasteiger partial charge < -0.3 is 26.0 Å². The highest BCUT2D eigenvalue weighted by atomic mass is 16.4. The molecule has 0 saturated heterocycles. The zero-order valence-electron chi connectivity index (χ0n) is 23.0. The molecule has 42 heavy (non-hydrogen) atoms. The van der Waals surface area contributed by atoms with Crippen LogP contribution in [0.5, 0.6) is 0 Å². The van der Waals surface area contributed by atoms with Crippen LogP contribution in [0.15, 0.2) is 97.2 Å². The molecule has 3 aromatic carbocycles. The van der Waals surface area contributed by atoms with Gasteiger partial charge >= 0.3 is 12.0 Å². The van der Waals surface area contributed by atoms with E-state index in [-0.39, 0.29) is 37.0 Å². The van der Waals surface area contributed by atoms with Gasteiger partial charge in [0, 0.05) is 41.9 Å². The van der Waals surface area contributed by atoms with Crippen LogP contribution in [0.25, 0.3) is 0 Å². The van der Waals surface area contributed by atoms with Crippen molar-refractivity contribution in [2.24, 2.45) is 0 Å². The van der Waals surface area contributed by atoms with Gasteiger partial charge in [0.1, 0.15) is 0 Å². The van der Waals surface area contributed by atoms with Crippen molar-refractivity contribution in [3.05, 3.63) is 120 Å². The molecule has 0 saturated carbocycles. The van der Waals surface area contributed by atoms with Gasteiger partial charge in [0.25, 0.3) is 0 Å².